The lowest BCUT2D eigenvalue weighted by molar-refractivity contribution is 0.413. The quantitative estimate of drug-likeness (QED) is 0.392. The minimum atomic E-state index is 0.0841. The molecule has 1 heterocycles. The Morgan fingerprint density at radius 2 is 1.67 bits per heavy atom. The highest BCUT2D eigenvalue weighted by Crippen LogP contribution is 2.24. The van der Waals surface area contributed by atoms with Crippen molar-refractivity contribution in [3.8, 4) is 11.5 Å². The van der Waals surface area contributed by atoms with E-state index in [0.717, 1.165) is 0 Å². The summed E-state index contributed by atoms with van der Waals surface area (Å²) in [5, 5.41) is 14.8. The Bertz CT molecular complexity index is 598. The molecule has 0 fully saturated rings. The summed E-state index contributed by atoms with van der Waals surface area (Å²) in [5.74, 6) is 0.733. The lowest BCUT2D eigenvalue weighted by atomic mass is 10.3. The summed E-state index contributed by atoms with van der Waals surface area (Å²) >= 11 is 0. The van der Waals surface area contributed by atoms with E-state index in [-0.39, 0.29) is 5.75 Å². The molecule has 0 bridgehead atoms. The zero-order valence-electron chi connectivity index (χ0n) is 9.97. The van der Waals surface area contributed by atoms with Crippen LogP contribution in [-0.4, -0.2) is 22.4 Å². The van der Waals surface area contributed by atoms with Gasteiger partial charge in [0, 0.05) is 6.07 Å². The van der Waals surface area contributed by atoms with Crippen molar-refractivity contribution in [3.63, 3.8) is 0 Å². The highest BCUT2D eigenvalue weighted by Gasteiger charge is 1.96. The number of H-pyrrole nitrogens is 2. The van der Waals surface area contributed by atoms with Crippen LogP contribution in [0.3, 0.4) is 0 Å². The second-order valence-corrected chi connectivity index (χ2v) is 3.72. The molecule has 0 aliphatic rings. The molecule has 0 aliphatic heterocycles. The van der Waals surface area contributed by atoms with Crippen molar-refractivity contribution in [2.24, 2.45) is 0 Å². The van der Waals surface area contributed by atoms with Crippen LogP contribution in [0.5, 0.6) is 11.5 Å². The fourth-order valence-corrected chi connectivity index (χ4v) is 1.43. The van der Waals surface area contributed by atoms with Crippen LogP contribution in [0.1, 0.15) is 0 Å². The zero-order valence-corrected chi connectivity index (χ0v) is 9.97. The maximum Gasteiger partial charge on any atom is 0.138 e. The molecule has 3 rings (SSSR count). The molecule has 0 saturated heterocycles. The van der Waals surface area contributed by atoms with Crippen LogP contribution in [0, 0.1) is 0 Å². The number of aromatic nitrogens is 2. The van der Waals surface area contributed by atoms with Crippen LogP contribution in [0.2, 0.25) is 0 Å². The number of hydrogen-bond donors (Lipinski definition) is 4. The molecule has 0 unspecified atom stereocenters. The number of benzene rings is 2. The third-order valence-electron chi connectivity index (χ3n) is 2.49. The summed E-state index contributed by atoms with van der Waals surface area (Å²) < 4.78 is 4.86. The van der Waals surface area contributed by atoms with E-state index < -0.39 is 0 Å². The second-order valence-electron chi connectivity index (χ2n) is 3.72. The largest absolute Gasteiger partial charge is 0.506 e. The van der Waals surface area contributed by atoms with E-state index in [4.69, 9.17) is 15.6 Å². The number of fused-ring (bicyclic) bond motifs is 1. The third-order valence-corrected chi connectivity index (χ3v) is 2.49. The van der Waals surface area contributed by atoms with Gasteiger partial charge in [0.05, 0.1) is 23.8 Å². The first-order valence-electron chi connectivity index (χ1n) is 5.44. The van der Waals surface area contributed by atoms with Crippen LogP contribution in [0.25, 0.3) is 11.0 Å². The fourth-order valence-electron chi connectivity index (χ4n) is 1.43. The van der Waals surface area contributed by atoms with E-state index in [1.807, 2.05) is 24.3 Å². The predicted octanol–water partition coefficient (Wildman–Crippen LogP) is 2.48. The van der Waals surface area contributed by atoms with Gasteiger partial charge in [-0.05, 0) is 24.3 Å². The van der Waals surface area contributed by atoms with Crippen LogP contribution in [0.4, 0.5) is 5.69 Å². The first-order valence-corrected chi connectivity index (χ1v) is 5.44. The topological polar surface area (TPSA) is 87.1 Å². The molecule has 94 valence electrons. The Hall–Kier alpha value is -2.56. The van der Waals surface area contributed by atoms with Gasteiger partial charge in [-0.3, -0.25) is 10.2 Å². The molecule has 3 aromatic rings. The van der Waals surface area contributed by atoms with Gasteiger partial charge < -0.3 is 15.6 Å². The van der Waals surface area contributed by atoms with E-state index in [0.29, 0.717) is 11.4 Å². The Labute approximate surface area is 104 Å². The number of phenols is 1. The first kappa shape index (κ1) is 11.9. The van der Waals surface area contributed by atoms with E-state index in [1.165, 1.54) is 17.1 Å². The van der Waals surface area contributed by atoms with Gasteiger partial charge in [-0.1, -0.05) is 12.1 Å². The summed E-state index contributed by atoms with van der Waals surface area (Å²) in [6.45, 7) is 0. The number of phenolic OH excluding ortho intramolecular Hbond substituents is 1. The van der Waals surface area contributed by atoms with Gasteiger partial charge in [-0.15, -0.1) is 0 Å². The minimum Gasteiger partial charge on any atom is -0.506 e. The molecule has 0 amide bonds. The number of methoxy groups -OCH3 is 1. The van der Waals surface area contributed by atoms with Crippen molar-refractivity contribution in [3.05, 3.63) is 42.5 Å². The third kappa shape index (κ3) is 2.57. The minimum absolute atomic E-state index is 0.0841. The number of para-hydroxylation sites is 2. The Morgan fingerprint density at radius 3 is 2.06 bits per heavy atom. The summed E-state index contributed by atoms with van der Waals surface area (Å²) in [5.41, 5.74) is 8.07. The number of ether oxygens (including phenoxy) is 1. The van der Waals surface area contributed by atoms with Crippen molar-refractivity contribution in [2.45, 2.75) is 0 Å². The van der Waals surface area contributed by atoms with Gasteiger partial charge in [-0.2, -0.15) is 0 Å². The van der Waals surface area contributed by atoms with Crippen molar-refractivity contribution >= 4 is 16.7 Å². The smallest absolute Gasteiger partial charge is 0.138 e. The monoisotopic (exact) mass is 245 g/mol. The molecule has 0 saturated carbocycles. The van der Waals surface area contributed by atoms with Gasteiger partial charge in [0.2, 0.25) is 0 Å². The molecular formula is C13H15N3O2. The number of nitrogen functional groups attached to an aromatic ring is 1. The first-order chi connectivity index (χ1) is 8.70. The van der Waals surface area contributed by atoms with E-state index in [1.54, 1.807) is 19.2 Å². The molecule has 0 spiro atoms. The van der Waals surface area contributed by atoms with Crippen molar-refractivity contribution in [1.29, 1.82) is 0 Å². The lowest BCUT2D eigenvalue weighted by Gasteiger charge is -2.01. The molecule has 0 atom stereocenters. The lowest BCUT2D eigenvalue weighted by Crippen LogP contribution is -1.87. The maximum absolute atomic E-state index is 8.96. The zero-order chi connectivity index (χ0) is 13.0. The summed E-state index contributed by atoms with van der Waals surface area (Å²) in [6, 6.07) is 12.8. The highest BCUT2D eigenvalue weighted by atomic mass is 16.5. The molecule has 5 nitrogen and oxygen atoms in total. The van der Waals surface area contributed by atoms with Crippen LogP contribution >= 0.6 is 0 Å². The van der Waals surface area contributed by atoms with Gasteiger partial charge in [-0.25, -0.2) is 0 Å². The van der Waals surface area contributed by atoms with Gasteiger partial charge in [0.1, 0.15) is 11.5 Å². The van der Waals surface area contributed by atoms with Crippen LogP contribution in [-0.2, 0) is 0 Å². The molecule has 18 heavy (non-hydrogen) atoms. The normalized spacial score (nSPS) is 9.83. The molecule has 5 heteroatoms. The molecule has 0 radical (unpaired) electrons. The van der Waals surface area contributed by atoms with E-state index in [9.17, 15) is 0 Å². The summed E-state index contributed by atoms with van der Waals surface area (Å²) in [7, 11) is 1.55. The average molecular weight is 245 g/mol. The van der Waals surface area contributed by atoms with E-state index >= 15 is 0 Å². The molecule has 5 N–H and O–H groups in total. The number of rotatable bonds is 1. The van der Waals surface area contributed by atoms with Crippen molar-refractivity contribution < 1.29 is 9.84 Å². The SMILES string of the molecule is COc1ccc(O)c(N)c1.c1ccc2[nH][nH]c2c1. The van der Waals surface area contributed by atoms with Gasteiger partial charge >= 0.3 is 0 Å². The number of hydrogen-bond acceptors (Lipinski definition) is 3. The number of anilines is 1. The van der Waals surface area contributed by atoms with Crippen LogP contribution < -0.4 is 10.5 Å². The molecular weight excluding hydrogens is 230 g/mol. The van der Waals surface area contributed by atoms with Gasteiger partial charge in [0.25, 0.3) is 0 Å². The number of nitrogens with two attached hydrogens (primary N) is 1. The number of aromatic amines is 2. The van der Waals surface area contributed by atoms with Gasteiger partial charge in [0.15, 0.2) is 0 Å². The molecule has 2 aromatic carbocycles. The Morgan fingerprint density at radius 1 is 1.06 bits per heavy atom. The predicted molar refractivity (Wildman–Crippen MR) is 71.7 cm³/mol. The Kier molecular flexibility index (Phi) is 3.43. The maximum atomic E-state index is 8.96. The fraction of sp³-hybridized carbons (Fsp3) is 0.0769. The molecule has 0 aliphatic carbocycles. The number of nitrogens with one attached hydrogen (secondary N) is 2. The average Bonchev–Trinajstić information content (AvgIpc) is 2.35. The van der Waals surface area contributed by atoms with Crippen molar-refractivity contribution in [1.82, 2.24) is 10.2 Å². The Balaban J connectivity index is 0.000000136. The number of aromatic hydroxyl groups is 1. The van der Waals surface area contributed by atoms with Crippen molar-refractivity contribution in [2.75, 3.05) is 12.8 Å². The second kappa shape index (κ2) is 5.18. The molecule has 1 aromatic heterocycles. The summed E-state index contributed by atoms with van der Waals surface area (Å²) in [6.07, 6.45) is 0. The standard InChI is InChI=1S/C7H9NO2.C6H6N2/c1-10-5-2-3-7(9)6(8)4-5;1-2-4-6-5(3-1)7-8-6/h2-4,9H,8H2,1H3;1-4,7-8H. The van der Waals surface area contributed by atoms with Crippen LogP contribution in [0.15, 0.2) is 42.5 Å². The van der Waals surface area contributed by atoms with E-state index in [2.05, 4.69) is 10.2 Å². The summed E-state index contributed by atoms with van der Waals surface area (Å²) in [4.78, 5) is 0. The highest BCUT2D eigenvalue weighted by molar-refractivity contribution is 5.75.